The predicted molar refractivity (Wildman–Crippen MR) is 77.7 cm³/mol. The molecule has 2 N–H and O–H groups in total. The van der Waals surface area contributed by atoms with E-state index < -0.39 is 6.10 Å². The van der Waals surface area contributed by atoms with Gasteiger partial charge in [0.2, 0.25) is 0 Å². The van der Waals surface area contributed by atoms with E-state index in [0.29, 0.717) is 23.6 Å². The van der Waals surface area contributed by atoms with Crippen molar-refractivity contribution in [2.24, 2.45) is 0 Å². The van der Waals surface area contributed by atoms with Crippen LogP contribution in [0.1, 0.15) is 28.4 Å². The minimum Gasteiger partial charge on any atom is -0.388 e. The molecule has 0 unspecified atom stereocenters. The Morgan fingerprint density at radius 2 is 2.16 bits per heavy atom. The Labute approximate surface area is 120 Å². The standard InChI is InChI=1S/C14H14ClNO2S/c15-12-4-2-1-3-11(12)14(18)16-7-5-13(17)10-6-8-19-9-10/h1-4,6,8-9,13,17H,5,7H2,(H,16,18)/t13-/m0/s1. The van der Waals surface area contributed by atoms with Crippen LogP contribution in [0.4, 0.5) is 0 Å². The van der Waals surface area contributed by atoms with E-state index in [-0.39, 0.29) is 5.91 Å². The zero-order valence-corrected chi connectivity index (χ0v) is 11.7. The maximum atomic E-state index is 11.9. The normalized spacial score (nSPS) is 12.1. The SMILES string of the molecule is O=C(NCC[C@H](O)c1ccsc1)c1ccccc1Cl. The fourth-order valence-corrected chi connectivity index (χ4v) is 2.62. The highest BCUT2D eigenvalue weighted by Gasteiger charge is 2.11. The maximum Gasteiger partial charge on any atom is 0.252 e. The Bertz CT molecular complexity index is 542. The van der Waals surface area contributed by atoms with Crippen molar-refractivity contribution in [2.45, 2.75) is 12.5 Å². The molecule has 0 bridgehead atoms. The molecule has 100 valence electrons. The highest BCUT2D eigenvalue weighted by atomic mass is 35.5. The molecule has 0 spiro atoms. The lowest BCUT2D eigenvalue weighted by Gasteiger charge is -2.10. The number of aliphatic hydroxyl groups excluding tert-OH is 1. The van der Waals surface area contributed by atoms with Crippen LogP contribution in [0.15, 0.2) is 41.1 Å². The third kappa shape index (κ3) is 3.80. The molecule has 0 aliphatic rings. The second kappa shape index (κ2) is 6.70. The minimum absolute atomic E-state index is 0.219. The number of aliphatic hydroxyl groups is 1. The molecule has 1 heterocycles. The van der Waals surface area contributed by atoms with Crippen molar-refractivity contribution in [3.8, 4) is 0 Å². The van der Waals surface area contributed by atoms with Crippen molar-refractivity contribution in [3.63, 3.8) is 0 Å². The third-order valence-corrected chi connectivity index (χ3v) is 3.78. The number of hydrogen-bond donors (Lipinski definition) is 2. The molecule has 1 aromatic carbocycles. The number of thiophene rings is 1. The average Bonchev–Trinajstić information content (AvgIpc) is 2.93. The van der Waals surface area contributed by atoms with Crippen molar-refractivity contribution in [3.05, 3.63) is 57.2 Å². The Kier molecular flexibility index (Phi) is 4.96. The van der Waals surface area contributed by atoms with Crippen molar-refractivity contribution < 1.29 is 9.90 Å². The summed E-state index contributed by atoms with van der Waals surface area (Å²) in [5, 5.41) is 16.9. The summed E-state index contributed by atoms with van der Waals surface area (Å²) >= 11 is 7.47. The van der Waals surface area contributed by atoms with E-state index >= 15 is 0 Å². The summed E-state index contributed by atoms with van der Waals surface area (Å²) in [7, 11) is 0. The van der Waals surface area contributed by atoms with Crippen LogP contribution >= 0.6 is 22.9 Å². The zero-order chi connectivity index (χ0) is 13.7. The molecule has 19 heavy (non-hydrogen) atoms. The van der Waals surface area contributed by atoms with Gasteiger partial charge in [-0.15, -0.1) is 0 Å². The van der Waals surface area contributed by atoms with Crippen LogP contribution in [-0.4, -0.2) is 17.6 Å². The molecule has 1 atom stereocenters. The molecule has 0 aliphatic carbocycles. The van der Waals surface area contributed by atoms with Gasteiger partial charge >= 0.3 is 0 Å². The van der Waals surface area contributed by atoms with E-state index in [1.165, 1.54) is 0 Å². The molecule has 0 saturated heterocycles. The van der Waals surface area contributed by atoms with E-state index in [0.717, 1.165) is 5.56 Å². The number of amides is 1. The van der Waals surface area contributed by atoms with Crippen LogP contribution in [-0.2, 0) is 0 Å². The second-order valence-electron chi connectivity index (χ2n) is 4.10. The lowest BCUT2D eigenvalue weighted by molar-refractivity contribution is 0.0943. The number of carbonyl (C=O) groups is 1. The predicted octanol–water partition coefficient (Wildman–Crippen LogP) is 3.26. The van der Waals surface area contributed by atoms with Crippen LogP contribution in [0, 0.1) is 0 Å². The van der Waals surface area contributed by atoms with E-state index in [1.54, 1.807) is 35.6 Å². The van der Waals surface area contributed by atoms with Gasteiger partial charge in [0.25, 0.3) is 5.91 Å². The summed E-state index contributed by atoms with van der Waals surface area (Å²) in [6.07, 6.45) is -0.0646. The lowest BCUT2D eigenvalue weighted by Crippen LogP contribution is -2.25. The van der Waals surface area contributed by atoms with Crippen molar-refractivity contribution >= 4 is 28.8 Å². The summed E-state index contributed by atoms with van der Waals surface area (Å²) in [6.45, 7) is 0.404. The Hall–Kier alpha value is -1.36. The Balaban J connectivity index is 1.83. The first-order valence-corrected chi connectivity index (χ1v) is 7.23. The van der Waals surface area contributed by atoms with Gasteiger partial charge in [0.15, 0.2) is 0 Å². The Morgan fingerprint density at radius 1 is 1.37 bits per heavy atom. The number of hydrogen-bond acceptors (Lipinski definition) is 3. The molecule has 2 aromatic rings. The van der Waals surface area contributed by atoms with Gasteiger partial charge in [-0.2, -0.15) is 11.3 Å². The van der Waals surface area contributed by atoms with Crippen LogP contribution in [0.3, 0.4) is 0 Å². The van der Waals surface area contributed by atoms with Crippen molar-refractivity contribution in [1.29, 1.82) is 0 Å². The summed E-state index contributed by atoms with van der Waals surface area (Å²) in [4.78, 5) is 11.9. The van der Waals surface area contributed by atoms with Crippen molar-refractivity contribution in [1.82, 2.24) is 5.32 Å². The van der Waals surface area contributed by atoms with Crippen LogP contribution in [0.2, 0.25) is 5.02 Å². The summed E-state index contributed by atoms with van der Waals surface area (Å²) in [5.74, 6) is -0.219. The van der Waals surface area contributed by atoms with E-state index in [1.807, 2.05) is 16.8 Å². The molecule has 1 aromatic heterocycles. The molecular formula is C14H14ClNO2S. The first kappa shape index (κ1) is 14.1. The fourth-order valence-electron chi connectivity index (χ4n) is 1.69. The smallest absolute Gasteiger partial charge is 0.252 e. The van der Waals surface area contributed by atoms with Crippen LogP contribution < -0.4 is 5.32 Å². The molecular weight excluding hydrogens is 282 g/mol. The molecule has 1 amide bonds. The van der Waals surface area contributed by atoms with E-state index in [2.05, 4.69) is 5.32 Å². The third-order valence-electron chi connectivity index (χ3n) is 2.75. The van der Waals surface area contributed by atoms with Gasteiger partial charge in [0.1, 0.15) is 0 Å². The topological polar surface area (TPSA) is 49.3 Å². The number of benzene rings is 1. The van der Waals surface area contributed by atoms with Gasteiger partial charge in [0, 0.05) is 6.54 Å². The second-order valence-corrected chi connectivity index (χ2v) is 5.28. The molecule has 0 radical (unpaired) electrons. The molecule has 0 aliphatic heterocycles. The largest absolute Gasteiger partial charge is 0.388 e. The van der Waals surface area contributed by atoms with Gasteiger partial charge in [-0.25, -0.2) is 0 Å². The van der Waals surface area contributed by atoms with E-state index in [9.17, 15) is 9.90 Å². The van der Waals surface area contributed by atoms with Gasteiger partial charge in [0.05, 0.1) is 16.7 Å². The quantitative estimate of drug-likeness (QED) is 0.889. The minimum atomic E-state index is -0.544. The highest BCUT2D eigenvalue weighted by molar-refractivity contribution is 7.07. The van der Waals surface area contributed by atoms with E-state index in [4.69, 9.17) is 11.6 Å². The van der Waals surface area contributed by atoms with Gasteiger partial charge < -0.3 is 10.4 Å². The zero-order valence-electron chi connectivity index (χ0n) is 10.2. The number of rotatable bonds is 5. The first-order valence-electron chi connectivity index (χ1n) is 5.91. The Morgan fingerprint density at radius 3 is 2.84 bits per heavy atom. The molecule has 5 heteroatoms. The van der Waals surface area contributed by atoms with Crippen LogP contribution in [0.5, 0.6) is 0 Å². The number of nitrogens with one attached hydrogen (secondary N) is 1. The molecule has 0 saturated carbocycles. The molecule has 0 fully saturated rings. The molecule has 3 nitrogen and oxygen atoms in total. The highest BCUT2D eigenvalue weighted by Crippen LogP contribution is 2.19. The van der Waals surface area contributed by atoms with Gasteiger partial charge in [-0.3, -0.25) is 4.79 Å². The molecule has 2 rings (SSSR count). The van der Waals surface area contributed by atoms with Crippen LogP contribution in [0.25, 0.3) is 0 Å². The summed E-state index contributed by atoms with van der Waals surface area (Å²) < 4.78 is 0. The average molecular weight is 296 g/mol. The first-order chi connectivity index (χ1) is 9.18. The summed E-state index contributed by atoms with van der Waals surface area (Å²) in [5.41, 5.74) is 1.34. The lowest BCUT2D eigenvalue weighted by atomic mass is 10.1. The maximum absolute atomic E-state index is 11.9. The number of halogens is 1. The van der Waals surface area contributed by atoms with Crippen molar-refractivity contribution in [2.75, 3.05) is 6.54 Å². The van der Waals surface area contributed by atoms with Gasteiger partial charge in [-0.1, -0.05) is 23.7 Å². The van der Waals surface area contributed by atoms with Gasteiger partial charge in [-0.05, 0) is 40.9 Å². The fraction of sp³-hybridized carbons (Fsp3) is 0.214. The summed E-state index contributed by atoms with van der Waals surface area (Å²) in [6, 6.07) is 8.77. The monoisotopic (exact) mass is 295 g/mol. The number of carbonyl (C=O) groups excluding carboxylic acids is 1.